The molecule has 1 aliphatic carbocycles. The first-order valence-corrected chi connectivity index (χ1v) is 9.56. The van der Waals surface area contributed by atoms with E-state index in [0.717, 1.165) is 29.7 Å². The summed E-state index contributed by atoms with van der Waals surface area (Å²) in [7, 11) is 3.20. The molecule has 3 rings (SSSR count). The second-order valence-corrected chi connectivity index (χ2v) is 7.38. The molecule has 0 aromatic heterocycles. The van der Waals surface area contributed by atoms with Crippen molar-refractivity contribution in [1.29, 1.82) is 0 Å². The quantitative estimate of drug-likeness (QED) is 0.744. The van der Waals surface area contributed by atoms with Crippen molar-refractivity contribution in [1.82, 2.24) is 20.4 Å². The average Bonchev–Trinajstić information content (AvgIpc) is 2.89. The van der Waals surface area contributed by atoms with Crippen LogP contribution in [0, 0.1) is 0 Å². The zero-order chi connectivity index (χ0) is 20.3. The Bertz CT molecular complexity index is 801. The molecule has 0 bridgehead atoms. The summed E-state index contributed by atoms with van der Waals surface area (Å²) in [6.45, 7) is -0.0836. The number of likely N-dealkylation sites (N-methyl/N-ethyl adjacent to an activating group) is 1. The molecule has 28 heavy (non-hydrogen) atoms. The van der Waals surface area contributed by atoms with Gasteiger partial charge in [-0.3, -0.25) is 19.3 Å². The summed E-state index contributed by atoms with van der Waals surface area (Å²) in [5.74, 6) is -0.882. The molecular weight excluding hydrogens is 360 g/mol. The van der Waals surface area contributed by atoms with E-state index in [1.807, 2.05) is 0 Å². The molecule has 8 nitrogen and oxygen atoms in total. The lowest BCUT2D eigenvalue weighted by Crippen LogP contribution is -2.49. The summed E-state index contributed by atoms with van der Waals surface area (Å²) >= 11 is 0. The summed E-state index contributed by atoms with van der Waals surface area (Å²) in [5.41, 5.74) is 0.478. The summed E-state index contributed by atoms with van der Waals surface area (Å²) in [4.78, 5) is 52.1. The van der Waals surface area contributed by atoms with Crippen LogP contribution in [0.15, 0.2) is 24.3 Å². The predicted octanol–water partition coefficient (Wildman–Crippen LogP) is 1.26. The van der Waals surface area contributed by atoms with Gasteiger partial charge in [-0.15, -0.1) is 0 Å². The Hall–Kier alpha value is -2.90. The number of imide groups is 1. The summed E-state index contributed by atoms with van der Waals surface area (Å²) in [5, 5.41) is 5.27. The van der Waals surface area contributed by atoms with Crippen molar-refractivity contribution in [2.24, 2.45) is 0 Å². The monoisotopic (exact) mass is 386 g/mol. The highest BCUT2D eigenvalue weighted by molar-refractivity contribution is 6.08. The minimum absolute atomic E-state index is 0.206. The van der Waals surface area contributed by atoms with Crippen LogP contribution in [0.4, 0.5) is 4.79 Å². The third-order valence-corrected chi connectivity index (χ3v) is 5.69. The van der Waals surface area contributed by atoms with Gasteiger partial charge in [-0.25, -0.2) is 4.79 Å². The third-order valence-electron chi connectivity index (χ3n) is 5.69. The normalized spacial score (nSPS) is 18.5. The first kappa shape index (κ1) is 19.9. The molecule has 2 aliphatic rings. The topological polar surface area (TPSA) is 98.8 Å². The minimum atomic E-state index is -0.780. The zero-order valence-electron chi connectivity index (χ0n) is 16.3. The highest BCUT2D eigenvalue weighted by atomic mass is 16.2. The maximum absolute atomic E-state index is 12.9. The number of hydrogen-bond donors (Lipinski definition) is 2. The largest absolute Gasteiger partial charge is 0.355 e. The van der Waals surface area contributed by atoms with Crippen LogP contribution in [-0.2, 0) is 16.1 Å². The maximum Gasteiger partial charge on any atom is 0.327 e. The average molecular weight is 386 g/mol. The van der Waals surface area contributed by atoms with Gasteiger partial charge >= 0.3 is 6.03 Å². The fourth-order valence-electron chi connectivity index (χ4n) is 4.04. The zero-order valence-corrected chi connectivity index (χ0v) is 16.3. The summed E-state index contributed by atoms with van der Waals surface area (Å²) in [6, 6.07) is 6.50. The molecule has 0 atom stereocenters. The van der Waals surface area contributed by atoms with Crippen molar-refractivity contribution < 1.29 is 19.2 Å². The lowest BCUT2D eigenvalue weighted by molar-refractivity contribution is -0.137. The molecule has 2 fully saturated rings. The second kappa shape index (κ2) is 8.00. The molecule has 8 heteroatoms. The Labute approximate surface area is 164 Å². The number of hydrogen-bond acceptors (Lipinski definition) is 4. The van der Waals surface area contributed by atoms with E-state index >= 15 is 0 Å². The van der Waals surface area contributed by atoms with Crippen molar-refractivity contribution in [2.45, 2.75) is 44.2 Å². The number of amides is 5. The standard InChI is InChI=1S/C20H26N4O4/c1-21-17(26)15-8-6-7-14(11-15)12-22-16(25)13-24-18(27)20(23(2)19(24)28)9-4-3-5-10-20/h6-8,11H,3-5,9-10,12-13H2,1-2H3,(H,21,26)(H,22,25). The number of carbonyl (C=O) groups excluding carboxylic acids is 4. The van der Waals surface area contributed by atoms with E-state index in [4.69, 9.17) is 0 Å². The minimum Gasteiger partial charge on any atom is -0.355 e. The fourth-order valence-corrected chi connectivity index (χ4v) is 4.04. The van der Waals surface area contributed by atoms with E-state index in [9.17, 15) is 19.2 Å². The van der Waals surface area contributed by atoms with Crippen LogP contribution in [0.25, 0.3) is 0 Å². The summed E-state index contributed by atoms with van der Waals surface area (Å²) in [6.07, 6.45) is 4.18. The van der Waals surface area contributed by atoms with Crippen LogP contribution in [0.2, 0.25) is 0 Å². The number of benzene rings is 1. The number of carbonyl (C=O) groups is 4. The van der Waals surface area contributed by atoms with Gasteiger partial charge in [-0.05, 0) is 30.5 Å². The highest BCUT2D eigenvalue weighted by Gasteiger charge is 2.55. The molecule has 1 aromatic carbocycles. The molecule has 1 aliphatic heterocycles. The van der Waals surface area contributed by atoms with E-state index in [0.29, 0.717) is 18.4 Å². The number of rotatable bonds is 5. The van der Waals surface area contributed by atoms with Crippen molar-refractivity contribution in [2.75, 3.05) is 20.6 Å². The molecule has 1 heterocycles. The molecular formula is C20H26N4O4. The Balaban J connectivity index is 1.61. The Kier molecular flexibility index (Phi) is 5.67. The van der Waals surface area contributed by atoms with Gasteiger partial charge in [0.15, 0.2) is 0 Å². The maximum atomic E-state index is 12.9. The van der Waals surface area contributed by atoms with Crippen LogP contribution in [0.1, 0.15) is 48.0 Å². The lowest BCUT2D eigenvalue weighted by Gasteiger charge is -2.35. The molecule has 1 saturated heterocycles. The first-order chi connectivity index (χ1) is 13.4. The molecule has 150 valence electrons. The number of nitrogens with one attached hydrogen (secondary N) is 2. The van der Waals surface area contributed by atoms with Gasteiger partial charge in [0, 0.05) is 26.2 Å². The lowest BCUT2D eigenvalue weighted by atomic mass is 9.81. The predicted molar refractivity (Wildman–Crippen MR) is 102 cm³/mol. The van der Waals surface area contributed by atoms with E-state index < -0.39 is 17.5 Å². The van der Waals surface area contributed by atoms with Crippen molar-refractivity contribution in [3.05, 3.63) is 35.4 Å². The third kappa shape index (κ3) is 3.58. The first-order valence-electron chi connectivity index (χ1n) is 9.56. The fraction of sp³-hybridized carbons (Fsp3) is 0.500. The molecule has 0 radical (unpaired) electrons. The van der Waals surface area contributed by atoms with Gasteiger partial charge in [0.05, 0.1) is 0 Å². The number of urea groups is 1. The van der Waals surface area contributed by atoms with E-state index in [1.165, 1.54) is 4.90 Å². The highest BCUT2D eigenvalue weighted by Crippen LogP contribution is 2.39. The van der Waals surface area contributed by atoms with E-state index in [-0.39, 0.29) is 24.9 Å². The van der Waals surface area contributed by atoms with Crippen molar-refractivity contribution >= 4 is 23.8 Å². The van der Waals surface area contributed by atoms with Gasteiger partial charge in [0.25, 0.3) is 11.8 Å². The van der Waals surface area contributed by atoms with Gasteiger partial charge in [0.1, 0.15) is 12.1 Å². The van der Waals surface area contributed by atoms with E-state index in [1.54, 1.807) is 38.4 Å². The Morgan fingerprint density at radius 3 is 2.54 bits per heavy atom. The van der Waals surface area contributed by atoms with Gasteiger partial charge in [-0.2, -0.15) is 0 Å². The number of nitrogens with zero attached hydrogens (tertiary/aromatic N) is 2. The van der Waals surface area contributed by atoms with Crippen molar-refractivity contribution in [3.8, 4) is 0 Å². The van der Waals surface area contributed by atoms with Gasteiger partial charge in [-0.1, -0.05) is 31.4 Å². The van der Waals surface area contributed by atoms with Gasteiger partial charge in [0.2, 0.25) is 5.91 Å². The van der Waals surface area contributed by atoms with Crippen LogP contribution in [0.3, 0.4) is 0 Å². The molecule has 0 unspecified atom stereocenters. The van der Waals surface area contributed by atoms with Crippen LogP contribution < -0.4 is 10.6 Å². The molecule has 1 spiro atoms. The Morgan fingerprint density at radius 2 is 1.86 bits per heavy atom. The molecule has 5 amide bonds. The second-order valence-electron chi connectivity index (χ2n) is 7.38. The van der Waals surface area contributed by atoms with Crippen LogP contribution in [0.5, 0.6) is 0 Å². The van der Waals surface area contributed by atoms with E-state index in [2.05, 4.69) is 10.6 Å². The van der Waals surface area contributed by atoms with Crippen molar-refractivity contribution in [3.63, 3.8) is 0 Å². The van der Waals surface area contributed by atoms with Crippen LogP contribution >= 0.6 is 0 Å². The molecule has 2 N–H and O–H groups in total. The SMILES string of the molecule is CNC(=O)c1cccc(CNC(=O)CN2C(=O)N(C)C3(CCCCC3)C2=O)c1. The van der Waals surface area contributed by atoms with Crippen LogP contribution in [-0.4, -0.2) is 59.7 Å². The Morgan fingerprint density at radius 1 is 1.14 bits per heavy atom. The molecule has 1 saturated carbocycles. The molecule has 1 aromatic rings. The smallest absolute Gasteiger partial charge is 0.327 e. The summed E-state index contributed by atoms with van der Waals surface area (Å²) < 4.78 is 0. The van der Waals surface area contributed by atoms with Gasteiger partial charge < -0.3 is 15.5 Å².